The van der Waals surface area contributed by atoms with Gasteiger partial charge >= 0.3 is 0 Å². The van der Waals surface area contributed by atoms with Crippen molar-refractivity contribution in [2.75, 3.05) is 13.1 Å². The number of hydrogen-bond acceptors (Lipinski definition) is 5. The average molecular weight is 436 g/mol. The van der Waals surface area contributed by atoms with E-state index in [1.807, 2.05) is 35.2 Å². The highest BCUT2D eigenvalue weighted by Gasteiger charge is 2.28. The average Bonchev–Trinajstić information content (AvgIpc) is 3.38. The number of thiophene rings is 1. The number of benzene rings is 1. The first-order valence-electron chi connectivity index (χ1n) is 11.0. The zero-order chi connectivity index (χ0) is 21.4. The number of H-pyrrole nitrogens is 1. The molecule has 1 N–H and O–H groups in total. The molecule has 6 nitrogen and oxygen atoms in total. The maximum Gasteiger partial charge on any atom is 0.259 e. The van der Waals surface area contributed by atoms with Gasteiger partial charge < -0.3 is 9.88 Å². The molecule has 2 aliphatic rings. The molecule has 0 atom stereocenters. The first kappa shape index (κ1) is 20.1. The van der Waals surface area contributed by atoms with Gasteiger partial charge in [-0.25, -0.2) is 4.98 Å². The SMILES string of the molecule is O=C(c1ccccc1)C1CCN(C(=O)CCc2nc3sc4c(c3c(=O)[nH]2)CCC4)CC1. The third-order valence-corrected chi connectivity index (χ3v) is 7.66. The van der Waals surface area contributed by atoms with Crippen LogP contribution < -0.4 is 5.56 Å². The standard InChI is InChI=1S/C24H25N3O3S/c28-20(27-13-11-16(12-14-27)22(29)15-5-2-1-3-6-15)10-9-19-25-23(30)21-17-7-4-8-18(17)31-24(21)26-19/h1-3,5-6,16H,4,7-14H2,(H,25,26,30). The monoisotopic (exact) mass is 435 g/mol. The van der Waals surface area contributed by atoms with Crippen LogP contribution in [0.25, 0.3) is 10.2 Å². The van der Waals surface area contributed by atoms with Crippen molar-refractivity contribution in [3.05, 3.63) is 62.5 Å². The van der Waals surface area contributed by atoms with Crippen molar-refractivity contribution in [3.63, 3.8) is 0 Å². The maximum absolute atomic E-state index is 12.7. The van der Waals surface area contributed by atoms with E-state index in [0.29, 0.717) is 44.6 Å². The summed E-state index contributed by atoms with van der Waals surface area (Å²) in [5.41, 5.74) is 1.84. The Kier molecular flexibility index (Phi) is 5.44. The van der Waals surface area contributed by atoms with E-state index in [2.05, 4.69) is 9.97 Å². The number of carbonyl (C=O) groups excluding carboxylic acids is 2. The van der Waals surface area contributed by atoms with E-state index in [4.69, 9.17) is 0 Å². The summed E-state index contributed by atoms with van der Waals surface area (Å²) >= 11 is 1.62. The molecule has 5 rings (SSSR count). The van der Waals surface area contributed by atoms with Crippen LogP contribution in [-0.4, -0.2) is 39.6 Å². The van der Waals surface area contributed by atoms with Crippen molar-refractivity contribution in [1.29, 1.82) is 0 Å². The van der Waals surface area contributed by atoms with Crippen molar-refractivity contribution < 1.29 is 9.59 Å². The number of ketones is 1. The van der Waals surface area contributed by atoms with Gasteiger partial charge in [0.15, 0.2) is 5.78 Å². The number of piperidine rings is 1. The summed E-state index contributed by atoms with van der Waals surface area (Å²) in [6.07, 6.45) is 5.24. The van der Waals surface area contributed by atoms with Crippen LogP contribution in [0.15, 0.2) is 35.1 Å². The van der Waals surface area contributed by atoms with Crippen molar-refractivity contribution in [2.45, 2.75) is 44.9 Å². The van der Waals surface area contributed by atoms with Gasteiger partial charge in [0.05, 0.1) is 5.39 Å². The summed E-state index contributed by atoms with van der Waals surface area (Å²) in [5.74, 6) is 0.792. The summed E-state index contributed by atoms with van der Waals surface area (Å²) in [6.45, 7) is 1.20. The molecular formula is C24H25N3O3S. The highest BCUT2D eigenvalue weighted by molar-refractivity contribution is 7.18. The van der Waals surface area contributed by atoms with Crippen LogP contribution in [0, 0.1) is 5.92 Å². The van der Waals surface area contributed by atoms with E-state index < -0.39 is 0 Å². The molecule has 0 spiro atoms. The van der Waals surface area contributed by atoms with Crippen LogP contribution in [0.3, 0.4) is 0 Å². The van der Waals surface area contributed by atoms with E-state index in [1.165, 1.54) is 10.4 Å². The van der Waals surface area contributed by atoms with Crippen molar-refractivity contribution in [1.82, 2.24) is 14.9 Å². The number of aryl methyl sites for hydroxylation is 3. The minimum atomic E-state index is -0.0768. The number of aromatic amines is 1. The predicted molar refractivity (Wildman–Crippen MR) is 121 cm³/mol. The van der Waals surface area contributed by atoms with E-state index >= 15 is 0 Å². The number of nitrogens with zero attached hydrogens (tertiary/aromatic N) is 2. The zero-order valence-electron chi connectivity index (χ0n) is 17.4. The number of likely N-dealkylation sites (tertiary alicyclic amines) is 1. The first-order chi connectivity index (χ1) is 15.1. The molecule has 1 aliphatic carbocycles. The molecule has 2 aromatic heterocycles. The third-order valence-electron chi connectivity index (χ3n) is 6.48. The molecule has 0 radical (unpaired) electrons. The van der Waals surface area contributed by atoms with Crippen LogP contribution in [0.5, 0.6) is 0 Å². The number of rotatable bonds is 5. The molecule has 0 bridgehead atoms. The fourth-order valence-corrected chi connectivity index (χ4v) is 6.06. The Balaban J connectivity index is 1.18. The van der Waals surface area contributed by atoms with Gasteiger partial charge in [0.25, 0.3) is 5.56 Å². The summed E-state index contributed by atoms with van der Waals surface area (Å²) in [7, 11) is 0. The van der Waals surface area contributed by atoms with Gasteiger partial charge in [-0.3, -0.25) is 14.4 Å². The second kappa shape index (κ2) is 8.38. The van der Waals surface area contributed by atoms with E-state index in [9.17, 15) is 14.4 Å². The van der Waals surface area contributed by atoms with E-state index in [-0.39, 0.29) is 23.2 Å². The van der Waals surface area contributed by atoms with E-state index in [1.54, 1.807) is 11.3 Å². The van der Waals surface area contributed by atoms with Crippen LogP contribution in [0.1, 0.15) is 52.3 Å². The van der Waals surface area contributed by atoms with Crippen LogP contribution in [0.2, 0.25) is 0 Å². The topological polar surface area (TPSA) is 83.1 Å². The van der Waals surface area contributed by atoms with Gasteiger partial charge in [0, 0.05) is 42.3 Å². The van der Waals surface area contributed by atoms with Crippen LogP contribution in [-0.2, 0) is 24.1 Å². The molecule has 3 aromatic rings. The smallest absolute Gasteiger partial charge is 0.259 e. The molecule has 0 unspecified atom stereocenters. The van der Waals surface area contributed by atoms with Gasteiger partial charge in [0.1, 0.15) is 10.7 Å². The number of amides is 1. The number of hydrogen-bond donors (Lipinski definition) is 1. The molecule has 1 aliphatic heterocycles. The minimum Gasteiger partial charge on any atom is -0.343 e. The lowest BCUT2D eigenvalue weighted by Gasteiger charge is -2.31. The Morgan fingerprint density at radius 3 is 2.68 bits per heavy atom. The van der Waals surface area contributed by atoms with Gasteiger partial charge in [-0.1, -0.05) is 30.3 Å². The fourth-order valence-electron chi connectivity index (χ4n) is 4.78. The van der Waals surface area contributed by atoms with Gasteiger partial charge in [-0.15, -0.1) is 11.3 Å². The minimum absolute atomic E-state index is 0.0207. The number of fused-ring (bicyclic) bond motifs is 3. The molecule has 1 saturated heterocycles. The van der Waals surface area contributed by atoms with Crippen molar-refractivity contribution in [3.8, 4) is 0 Å². The normalized spacial score (nSPS) is 16.6. The number of Topliss-reactive ketones (excluding diaryl/α,β-unsaturated/α-hetero) is 1. The second-order valence-corrected chi connectivity index (χ2v) is 9.52. The molecular weight excluding hydrogens is 410 g/mol. The lowest BCUT2D eigenvalue weighted by Crippen LogP contribution is -2.40. The Morgan fingerprint density at radius 1 is 1.13 bits per heavy atom. The van der Waals surface area contributed by atoms with Crippen molar-refractivity contribution in [2.24, 2.45) is 5.92 Å². The second-order valence-electron chi connectivity index (χ2n) is 8.44. The summed E-state index contributed by atoms with van der Waals surface area (Å²) in [6, 6.07) is 9.37. The maximum atomic E-state index is 12.7. The highest BCUT2D eigenvalue weighted by Crippen LogP contribution is 2.34. The third kappa shape index (κ3) is 3.94. The molecule has 1 amide bonds. The number of carbonyl (C=O) groups is 2. The van der Waals surface area contributed by atoms with Gasteiger partial charge in [-0.2, -0.15) is 0 Å². The summed E-state index contributed by atoms with van der Waals surface area (Å²) in [4.78, 5) is 49.4. The molecule has 1 aromatic carbocycles. The zero-order valence-corrected chi connectivity index (χ0v) is 18.2. The summed E-state index contributed by atoms with van der Waals surface area (Å²) < 4.78 is 0. The largest absolute Gasteiger partial charge is 0.343 e. The Bertz CT molecular complexity index is 1190. The molecule has 1 fully saturated rings. The molecule has 7 heteroatoms. The van der Waals surface area contributed by atoms with Crippen LogP contribution >= 0.6 is 11.3 Å². The van der Waals surface area contributed by atoms with Crippen molar-refractivity contribution >= 4 is 33.2 Å². The van der Waals surface area contributed by atoms with Gasteiger partial charge in [-0.05, 0) is 37.7 Å². The van der Waals surface area contributed by atoms with Crippen LogP contribution in [0.4, 0.5) is 0 Å². The Labute approximate surface area is 184 Å². The Hall–Kier alpha value is -2.80. The van der Waals surface area contributed by atoms with Gasteiger partial charge in [0.2, 0.25) is 5.91 Å². The highest BCUT2D eigenvalue weighted by atomic mass is 32.1. The van der Waals surface area contributed by atoms with E-state index in [0.717, 1.165) is 35.0 Å². The lowest BCUT2D eigenvalue weighted by atomic mass is 9.89. The molecule has 0 saturated carbocycles. The number of nitrogens with one attached hydrogen (secondary N) is 1. The first-order valence-corrected chi connectivity index (χ1v) is 11.8. The quantitative estimate of drug-likeness (QED) is 0.622. The molecule has 31 heavy (non-hydrogen) atoms. The molecule has 160 valence electrons. The fraction of sp³-hybridized carbons (Fsp3) is 0.417. The predicted octanol–water partition coefficient (Wildman–Crippen LogP) is 3.53. The Morgan fingerprint density at radius 2 is 1.90 bits per heavy atom. The lowest BCUT2D eigenvalue weighted by molar-refractivity contribution is -0.132. The molecule has 3 heterocycles. The number of aromatic nitrogens is 2. The summed E-state index contributed by atoms with van der Waals surface area (Å²) in [5, 5.41) is 0.748.